The maximum Gasteiger partial charge on any atom is 0.257 e. The Kier molecular flexibility index (Phi) is 4.05. The van der Waals surface area contributed by atoms with Crippen molar-refractivity contribution in [2.45, 2.75) is 37.6 Å². The number of nitrogens with zero attached hydrogens (tertiary/aromatic N) is 3. The average molecular weight is 352 g/mol. The fourth-order valence-electron chi connectivity index (χ4n) is 4.28. The van der Waals surface area contributed by atoms with E-state index in [1.807, 2.05) is 49.2 Å². The van der Waals surface area contributed by atoms with Crippen molar-refractivity contribution in [3.63, 3.8) is 0 Å². The van der Waals surface area contributed by atoms with Crippen molar-refractivity contribution in [1.82, 2.24) is 20.0 Å². The van der Waals surface area contributed by atoms with Crippen LogP contribution in [0.3, 0.4) is 0 Å². The lowest BCUT2D eigenvalue weighted by atomic mass is 9.82. The summed E-state index contributed by atoms with van der Waals surface area (Å²) in [7, 11) is 1.83. The predicted molar refractivity (Wildman–Crippen MR) is 97.8 cm³/mol. The Labute approximate surface area is 153 Å². The lowest BCUT2D eigenvalue weighted by Crippen LogP contribution is -2.52. The van der Waals surface area contributed by atoms with Gasteiger partial charge in [-0.25, -0.2) is 0 Å². The maximum atomic E-state index is 12.8. The van der Waals surface area contributed by atoms with E-state index in [9.17, 15) is 9.59 Å². The van der Waals surface area contributed by atoms with Crippen molar-refractivity contribution in [3.8, 4) is 0 Å². The van der Waals surface area contributed by atoms with Gasteiger partial charge in [0.1, 0.15) is 0 Å². The molecule has 0 saturated carbocycles. The molecule has 136 valence electrons. The van der Waals surface area contributed by atoms with E-state index < -0.39 is 0 Å². The number of aryl methyl sites for hydroxylation is 2. The molecule has 1 aromatic carbocycles. The molecule has 4 rings (SSSR count). The third-order valence-corrected chi connectivity index (χ3v) is 5.75. The number of amides is 2. The monoisotopic (exact) mass is 352 g/mol. The van der Waals surface area contributed by atoms with Crippen molar-refractivity contribution in [1.29, 1.82) is 0 Å². The van der Waals surface area contributed by atoms with Crippen LogP contribution in [0.25, 0.3) is 0 Å². The number of carbonyl (C=O) groups is 2. The number of aromatic nitrogens is 2. The van der Waals surface area contributed by atoms with Crippen LogP contribution in [-0.2, 0) is 11.8 Å². The summed E-state index contributed by atoms with van der Waals surface area (Å²) in [5, 5.41) is 7.50. The molecule has 2 saturated heterocycles. The molecular weight excluding hydrogens is 328 g/mol. The van der Waals surface area contributed by atoms with Crippen LogP contribution < -0.4 is 5.32 Å². The van der Waals surface area contributed by atoms with Gasteiger partial charge in [-0.1, -0.05) is 30.3 Å². The second kappa shape index (κ2) is 6.27. The molecule has 6 nitrogen and oxygen atoms in total. The number of rotatable bonds is 2. The Morgan fingerprint density at radius 3 is 2.54 bits per heavy atom. The Balaban J connectivity index is 1.44. The molecule has 0 bridgehead atoms. The standard InChI is InChI=1S/C20H24N4O2/c1-14-17(13-23(2)22-14)19(26)24-10-8-20(9-11-24)12-16(18(25)21-20)15-6-4-3-5-7-15/h3-7,13,16H,8-12H2,1-2H3,(H,21,25)/t16-/m0/s1. The molecule has 1 spiro atoms. The van der Waals surface area contributed by atoms with E-state index in [1.54, 1.807) is 10.9 Å². The number of carbonyl (C=O) groups excluding carboxylic acids is 2. The fourth-order valence-corrected chi connectivity index (χ4v) is 4.28. The van der Waals surface area contributed by atoms with Crippen molar-refractivity contribution >= 4 is 11.8 Å². The number of hydrogen-bond acceptors (Lipinski definition) is 3. The minimum absolute atomic E-state index is 0.0365. The smallest absolute Gasteiger partial charge is 0.257 e. The highest BCUT2D eigenvalue weighted by Gasteiger charge is 2.46. The van der Waals surface area contributed by atoms with Gasteiger partial charge in [0, 0.05) is 31.9 Å². The summed E-state index contributed by atoms with van der Waals surface area (Å²) in [6, 6.07) is 9.97. The first-order chi connectivity index (χ1) is 12.5. The molecule has 2 amide bonds. The average Bonchev–Trinajstić information content (AvgIpc) is 3.14. The molecule has 0 aliphatic carbocycles. The zero-order valence-corrected chi connectivity index (χ0v) is 15.2. The van der Waals surface area contributed by atoms with E-state index in [0.29, 0.717) is 18.7 Å². The quantitative estimate of drug-likeness (QED) is 0.899. The summed E-state index contributed by atoms with van der Waals surface area (Å²) in [4.78, 5) is 27.2. The van der Waals surface area contributed by atoms with Crippen molar-refractivity contribution in [2.75, 3.05) is 13.1 Å². The van der Waals surface area contributed by atoms with Crippen LogP contribution in [0.5, 0.6) is 0 Å². The molecule has 2 aromatic rings. The van der Waals surface area contributed by atoms with Crippen molar-refractivity contribution in [3.05, 3.63) is 53.3 Å². The van der Waals surface area contributed by atoms with Gasteiger partial charge in [-0.3, -0.25) is 14.3 Å². The summed E-state index contributed by atoms with van der Waals surface area (Å²) in [5.41, 5.74) is 2.32. The van der Waals surface area contributed by atoms with Gasteiger partial charge in [-0.15, -0.1) is 0 Å². The molecule has 2 aliphatic rings. The lowest BCUT2D eigenvalue weighted by Gasteiger charge is -2.39. The lowest BCUT2D eigenvalue weighted by molar-refractivity contribution is -0.121. The Morgan fingerprint density at radius 2 is 1.92 bits per heavy atom. The minimum atomic E-state index is -0.182. The van der Waals surface area contributed by atoms with E-state index in [4.69, 9.17) is 0 Å². The highest BCUT2D eigenvalue weighted by atomic mass is 16.2. The summed E-state index contributed by atoms with van der Waals surface area (Å²) >= 11 is 0. The first kappa shape index (κ1) is 16.8. The highest BCUT2D eigenvalue weighted by Crippen LogP contribution is 2.39. The molecule has 2 aliphatic heterocycles. The third-order valence-electron chi connectivity index (χ3n) is 5.75. The molecule has 1 N–H and O–H groups in total. The minimum Gasteiger partial charge on any atom is -0.350 e. The van der Waals surface area contributed by atoms with E-state index >= 15 is 0 Å². The molecule has 3 heterocycles. The SMILES string of the molecule is Cc1nn(C)cc1C(=O)N1CCC2(CC1)C[C@@H](c1ccccc1)C(=O)N2. The largest absolute Gasteiger partial charge is 0.350 e. The first-order valence-electron chi connectivity index (χ1n) is 9.14. The first-order valence-corrected chi connectivity index (χ1v) is 9.14. The zero-order chi connectivity index (χ0) is 18.3. The van der Waals surface area contributed by atoms with Gasteiger partial charge >= 0.3 is 0 Å². The van der Waals surface area contributed by atoms with Crippen LogP contribution in [0.4, 0.5) is 0 Å². The molecule has 2 fully saturated rings. The van der Waals surface area contributed by atoms with Gasteiger partial charge in [-0.2, -0.15) is 5.10 Å². The predicted octanol–water partition coefficient (Wildman–Crippen LogP) is 2.01. The molecule has 0 unspecified atom stereocenters. The molecule has 1 atom stereocenters. The van der Waals surface area contributed by atoms with Crippen LogP contribution in [0.15, 0.2) is 36.5 Å². The van der Waals surface area contributed by atoms with Crippen LogP contribution in [0.1, 0.15) is 46.8 Å². The van der Waals surface area contributed by atoms with Crippen LogP contribution in [-0.4, -0.2) is 45.1 Å². The zero-order valence-electron chi connectivity index (χ0n) is 15.2. The maximum absolute atomic E-state index is 12.8. The van der Waals surface area contributed by atoms with Gasteiger partial charge < -0.3 is 10.2 Å². The fraction of sp³-hybridized carbons (Fsp3) is 0.450. The van der Waals surface area contributed by atoms with Crippen molar-refractivity contribution in [2.24, 2.45) is 7.05 Å². The molecule has 6 heteroatoms. The summed E-state index contributed by atoms with van der Waals surface area (Å²) in [5.74, 6) is 0.0625. The Morgan fingerprint density at radius 1 is 1.23 bits per heavy atom. The number of nitrogens with one attached hydrogen (secondary N) is 1. The van der Waals surface area contributed by atoms with Gasteiger partial charge in [0.25, 0.3) is 5.91 Å². The molecule has 1 aromatic heterocycles. The van der Waals surface area contributed by atoms with E-state index in [2.05, 4.69) is 10.4 Å². The van der Waals surface area contributed by atoms with Gasteiger partial charge in [0.2, 0.25) is 5.91 Å². The Hall–Kier alpha value is -2.63. The van der Waals surface area contributed by atoms with Crippen LogP contribution in [0.2, 0.25) is 0 Å². The molecular formula is C20H24N4O2. The van der Waals surface area contributed by atoms with E-state index in [-0.39, 0.29) is 23.3 Å². The summed E-state index contributed by atoms with van der Waals surface area (Å²) in [6.07, 6.45) is 4.19. The van der Waals surface area contributed by atoms with Gasteiger partial charge in [0.15, 0.2) is 0 Å². The van der Waals surface area contributed by atoms with Gasteiger partial charge in [0.05, 0.1) is 17.2 Å². The van der Waals surface area contributed by atoms with Crippen LogP contribution in [0, 0.1) is 6.92 Å². The number of benzene rings is 1. The number of likely N-dealkylation sites (tertiary alicyclic amines) is 1. The van der Waals surface area contributed by atoms with Crippen molar-refractivity contribution < 1.29 is 9.59 Å². The summed E-state index contributed by atoms with van der Waals surface area (Å²) in [6.45, 7) is 3.18. The van der Waals surface area contributed by atoms with Gasteiger partial charge in [-0.05, 0) is 31.7 Å². The third kappa shape index (κ3) is 2.89. The topological polar surface area (TPSA) is 67.2 Å². The number of hydrogen-bond donors (Lipinski definition) is 1. The molecule has 26 heavy (non-hydrogen) atoms. The Bertz CT molecular complexity index is 835. The highest BCUT2D eigenvalue weighted by molar-refractivity contribution is 5.95. The number of piperidine rings is 1. The van der Waals surface area contributed by atoms with Crippen LogP contribution >= 0.6 is 0 Å². The summed E-state index contributed by atoms with van der Waals surface area (Å²) < 4.78 is 1.68. The van der Waals surface area contributed by atoms with E-state index in [0.717, 1.165) is 30.5 Å². The second-order valence-corrected chi connectivity index (χ2v) is 7.53. The second-order valence-electron chi connectivity index (χ2n) is 7.53. The molecule has 0 radical (unpaired) electrons. The normalized spacial score (nSPS) is 21.8. The van der Waals surface area contributed by atoms with E-state index in [1.165, 1.54) is 0 Å².